The number of aromatic nitrogens is 2. The number of ether oxygens (including phenoxy) is 2. The third-order valence-corrected chi connectivity index (χ3v) is 5.65. The molecule has 0 spiro atoms. The largest absolute Gasteiger partial charge is 0.493 e. The molecule has 0 aliphatic carbocycles. The van der Waals surface area contributed by atoms with Crippen LogP contribution in [0, 0.1) is 6.92 Å². The molecular formula is C21H21F3N4O3S. The number of alkyl halides is 3. The summed E-state index contributed by atoms with van der Waals surface area (Å²) >= 11 is 1.21. The number of anilines is 1. The van der Waals surface area contributed by atoms with Gasteiger partial charge in [-0.2, -0.15) is 13.2 Å². The van der Waals surface area contributed by atoms with Crippen LogP contribution < -0.4 is 20.1 Å². The van der Waals surface area contributed by atoms with E-state index >= 15 is 0 Å². The minimum absolute atomic E-state index is 0.0756. The number of nitrogens with one attached hydrogen (secondary N) is 2. The van der Waals surface area contributed by atoms with Gasteiger partial charge in [-0.05, 0) is 37.3 Å². The lowest BCUT2D eigenvalue weighted by Crippen LogP contribution is -2.29. The highest BCUT2D eigenvalue weighted by Gasteiger charge is 2.33. The molecule has 2 heterocycles. The first-order chi connectivity index (χ1) is 15.2. The summed E-state index contributed by atoms with van der Waals surface area (Å²) in [4.78, 5) is 21.2. The molecule has 0 fully saturated rings. The van der Waals surface area contributed by atoms with Crippen LogP contribution in [0.25, 0.3) is 10.6 Å². The van der Waals surface area contributed by atoms with Crippen molar-refractivity contribution < 1.29 is 27.4 Å². The molecule has 1 aromatic carbocycles. The van der Waals surface area contributed by atoms with Crippen molar-refractivity contribution >= 4 is 23.1 Å². The summed E-state index contributed by atoms with van der Waals surface area (Å²) in [7, 11) is 3.07. The average molecular weight is 466 g/mol. The molecule has 0 aliphatic heterocycles. The highest BCUT2D eigenvalue weighted by Crippen LogP contribution is 2.35. The Labute approximate surface area is 186 Å². The van der Waals surface area contributed by atoms with Crippen molar-refractivity contribution in [2.24, 2.45) is 0 Å². The number of pyridine rings is 1. The third kappa shape index (κ3) is 5.28. The van der Waals surface area contributed by atoms with Gasteiger partial charge < -0.3 is 20.1 Å². The summed E-state index contributed by atoms with van der Waals surface area (Å²) in [5.74, 6) is 0.490. The fourth-order valence-corrected chi connectivity index (χ4v) is 3.89. The molecule has 11 heteroatoms. The maximum absolute atomic E-state index is 13.0. The lowest BCUT2D eigenvalue weighted by Gasteiger charge is -2.13. The Morgan fingerprint density at radius 3 is 2.56 bits per heavy atom. The molecule has 2 aromatic heterocycles. The molecule has 0 saturated heterocycles. The summed E-state index contributed by atoms with van der Waals surface area (Å²) in [5, 5.41) is 5.94. The van der Waals surface area contributed by atoms with E-state index in [0.29, 0.717) is 27.1 Å². The van der Waals surface area contributed by atoms with Crippen LogP contribution in [0.15, 0.2) is 36.5 Å². The van der Waals surface area contributed by atoms with Crippen molar-refractivity contribution in [1.82, 2.24) is 15.3 Å². The zero-order chi connectivity index (χ0) is 23.3. The molecular weight excluding hydrogens is 445 g/mol. The van der Waals surface area contributed by atoms with Crippen molar-refractivity contribution in [3.8, 4) is 22.1 Å². The Bertz CT molecular complexity index is 1100. The highest BCUT2D eigenvalue weighted by molar-refractivity contribution is 7.17. The van der Waals surface area contributed by atoms with Crippen molar-refractivity contribution in [1.29, 1.82) is 0 Å². The molecule has 3 rings (SSSR count). The van der Waals surface area contributed by atoms with Gasteiger partial charge in [-0.15, -0.1) is 11.3 Å². The van der Waals surface area contributed by atoms with E-state index in [1.165, 1.54) is 30.7 Å². The second-order valence-electron chi connectivity index (χ2n) is 6.58. The van der Waals surface area contributed by atoms with Gasteiger partial charge >= 0.3 is 6.18 Å². The number of hydrogen-bond donors (Lipinski definition) is 2. The first-order valence-corrected chi connectivity index (χ1v) is 10.3. The van der Waals surface area contributed by atoms with E-state index < -0.39 is 11.7 Å². The van der Waals surface area contributed by atoms with Gasteiger partial charge in [-0.3, -0.25) is 4.79 Å². The monoisotopic (exact) mass is 466 g/mol. The van der Waals surface area contributed by atoms with Gasteiger partial charge in [0.1, 0.15) is 15.7 Å². The van der Waals surface area contributed by atoms with Crippen molar-refractivity contribution in [3.63, 3.8) is 0 Å². The van der Waals surface area contributed by atoms with E-state index in [9.17, 15) is 18.0 Å². The predicted octanol–water partition coefficient (Wildman–Crippen LogP) is 4.39. The molecule has 7 nitrogen and oxygen atoms in total. The van der Waals surface area contributed by atoms with Crippen LogP contribution in [0.2, 0.25) is 0 Å². The van der Waals surface area contributed by atoms with Gasteiger partial charge in [0.25, 0.3) is 5.91 Å². The third-order valence-electron chi connectivity index (χ3n) is 4.45. The van der Waals surface area contributed by atoms with Crippen LogP contribution >= 0.6 is 11.3 Å². The summed E-state index contributed by atoms with van der Waals surface area (Å²) in [6.07, 6.45) is -3.24. The number of nitrogens with zero attached hydrogens (tertiary/aromatic N) is 2. The number of carbonyl (C=O) groups excluding carboxylic acids is 1. The number of rotatable bonds is 8. The van der Waals surface area contributed by atoms with Crippen LogP contribution in [0.1, 0.15) is 20.9 Å². The number of benzene rings is 1. The molecule has 32 heavy (non-hydrogen) atoms. The minimum atomic E-state index is -4.51. The van der Waals surface area contributed by atoms with Crippen LogP contribution in [-0.2, 0) is 6.18 Å². The van der Waals surface area contributed by atoms with E-state index in [2.05, 4.69) is 20.6 Å². The normalized spacial score (nSPS) is 11.2. The van der Waals surface area contributed by atoms with E-state index in [1.807, 2.05) is 6.07 Å². The smallest absolute Gasteiger partial charge is 0.419 e. The number of halogens is 3. The molecule has 0 unspecified atom stereocenters. The van der Waals surface area contributed by atoms with Crippen LogP contribution in [-0.4, -0.2) is 43.2 Å². The van der Waals surface area contributed by atoms with Crippen LogP contribution in [0.4, 0.5) is 19.0 Å². The van der Waals surface area contributed by atoms with Gasteiger partial charge in [0.2, 0.25) is 0 Å². The quantitative estimate of drug-likeness (QED) is 0.479. The zero-order valence-electron chi connectivity index (χ0n) is 17.5. The summed E-state index contributed by atoms with van der Waals surface area (Å²) in [5.41, 5.74) is 0.463. The second-order valence-corrected chi connectivity index (χ2v) is 7.58. The second kappa shape index (κ2) is 9.86. The fourth-order valence-electron chi connectivity index (χ4n) is 2.91. The van der Waals surface area contributed by atoms with E-state index in [0.717, 1.165) is 11.6 Å². The summed E-state index contributed by atoms with van der Waals surface area (Å²) in [6.45, 7) is 1.90. The molecule has 0 aliphatic rings. The van der Waals surface area contributed by atoms with Gasteiger partial charge in [0, 0.05) is 24.8 Å². The van der Waals surface area contributed by atoms with Crippen LogP contribution in [0.5, 0.6) is 11.5 Å². The topological polar surface area (TPSA) is 85.4 Å². The SMILES string of the molecule is COc1ccc(-c2nc(C)c(C(=O)NCCNc3ncccc3C(F)(F)F)s2)cc1OC. The number of carbonyl (C=O) groups is 1. The lowest BCUT2D eigenvalue weighted by molar-refractivity contribution is -0.137. The van der Waals surface area contributed by atoms with Crippen molar-refractivity contribution in [2.75, 3.05) is 32.6 Å². The Balaban J connectivity index is 1.63. The van der Waals surface area contributed by atoms with E-state index in [-0.39, 0.29) is 24.8 Å². The molecule has 1 amide bonds. The summed E-state index contributed by atoms with van der Waals surface area (Å²) < 4.78 is 49.6. The number of methoxy groups -OCH3 is 2. The van der Waals surface area contributed by atoms with Crippen LogP contribution in [0.3, 0.4) is 0 Å². The van der Waals surface area contributed by atoms with Gasteiger partial charge in [0.05, 0.1) is 25.5 Å². The molecule has 170 valence electrons. The number of hydrogen-bond acceptors (Lipinski definition) is 7. The number of aryl methyl sites for hydroxylation is 1. The Morgan fingerprint density at radius 1 is 1.12 bits per heavy atom. The minimum Gasteiger partial charge on any atom is -0.493 e. The highest BCUT2D eigenvalue weighted by atomic mass is 32.1. The Kier molecular flexibility index (Phi) is 7.18. The fraction of sp³-hybridized carbons (Fsp3) is 0.286. The van der Waals surface area contributed by atoms with Crippen molar-refractivity contribution in [3.05, 3.63) is 52.7 Å². The molecule has 0 radical (unpaired) electrons. The number of amides is 1. The molecule has 0 atom stereocenters. The molecule has 2 N–H and O–H groups in total. The lowest BCUT2D eigenvalue weighted by atomic mass is 10.2. The number of thiazole rings is 1. The summed E-state index contributed by atoms with van der Waals surface area (Å²) in [6, 6.07) is 7.51. The Hall–Kier alpha value is -3.34. The first-order valence-electron chi connectivity index (χ1n) is 9.48. The maximum Gasteiger partial charge on any atom is 0.419 e. The van der Waals surface area contributed by atoms with E-state index in [1.54, 1.807) is 26.2 Å². The standard InChI is InChI=1S/C21H21F3N4O3S/c1-12-17(32-20(28-12)13-6-7-15(30-2)16(11-13)31-3)19(29)27-10-9-26-18-14(21(22,23)24)5-4-8-25-18/h4-8,11H,9-10H2,1-3H3,(H,25,26)(H,27,29). The van der Waals surface area contributed by atoms with E-state index in [4.69, 9.17) is 9.47 Å². The zero-order valence-corrected chi connectivity index (χ0v) is 18.4. The van der Waals surface area contributed by atoms with Gasteiger partial charge in [-0.1, -0.05) is 0 Å². The van der Waals surface area contributed by atoms with Gasteiger partial charge in [-0.25, -0.2) is 9.97 Å². The van der Waals surface area contributed by atoms with Crippen molar-refractivity contribution in [2.45, 2.75) is 13.1 Å². The first kappa shape index (κ1) is 23.3. The average Bonchev–Trinajstić information content (AvgIpc) is 3.17. The predicted molar refractivity (Wildman–Crippen MR) is 115 cm³/mol. The Morgan fingerprint density at radius 2 is 1.88 bits per heavy atom. The maximum atomic E-state index is 13.0. The molecule has 0 saturated carbocycles. The molecule has 3 aromatic rings. The van der Waals surface area contributed by atoms with Gasteiger partial charge in [0.15, 0.2) is 11.5 Å². The molecule has 0 bridgehead atoms.